The molecule has 0 fully saturated rings. The number of aryl methyl sites for hydroxylation is 1. The second kappa shape index (κ2) is 7.60. The van der Waals surface area contributed by atoms with Crippen molar-refractivity contribution in [3.8, 4) is 5.75 Å². The molecule has 0 saturated carbocycles. The largest absolute Gasteiger partial charge is 0.506 e. The summed E-state index contributed by atoms with van der Waals surface area (Å²) >= 11 is 6.01. The molecule has 4 rings (SSSR count). The maximum atomic E-state index is 14.3. The number of benzene rings is 2. The third-order valence-corrected chi connectivity index (χ3v) is 5.94. The predicted molar refractivity (Wildman–Crippen MR) is 113 cm³/mol. The van der Waals surface area contributed by atoms with E-state index in [0.717, 1.165) is 12.1 Å². The van der Waals surface area contributed by atoms with Gasteiger partial charge < -0.3 is 15.5 Å². The molecular weight excluding hydrogens is 450 g/mol. The molecule has 10 heteroatoms. The molecule has 32 heavy (non-hydrogen) atoms. The van der Waals surface area contributed by atoms with Gasteiger partial charge in [-0.1, -0.05) is 17.7 Å². The third-order valence-electron chi connectivity index (χ3n) is 5.64. The Morgan fingerprint density at radius 3 is 2.62 bits per heavy atom. The van der Waals surface area contributed by atoms with Crippen LogP contribution < -0.4 is 5.32 Å². The van der Waals surface area contributed by atoms with Gasteiger partial charge in [0.25, 0.3) is 0 Å². The Labute approximate surface area is 185 Å². The highest BCUT2D eigenvalue weighted by atomic mass is 35.5. The van der Waals surface area contributed by atoms with E-state index >= 15 is 0 Å². The van der Waals surface area contributed by atoms with Crippen LogP contribution in [0, 0.1) is 12.7 Å². The van der Waals surface area contributed by atoms with Gasteiger partial charge in [-0.2, -0.15) is 13.2 Å². The van der Waals surface area contributed by atoms with Gasteiger partial charge in [-0.25, -0.2) is 14.4 Å². The first-order valence-corrected chi connectivity index (χ1v) is 9.99. The zero-order valence-corrected chi connectivity index (χ0v) is 17.7. The molecule has 1 aliphatic rings. The summed E-state index contributed by atoms with van der Waals surface area (Å²) in [6.07, 6.45) is -3.01. The summed E-state index contributed by atoms with van der Waals surface area (Å²) in [5.41, 5.74) is -2.57. The van der Waals surface area contributed by atoms with Crippen molar-refractivity contribution in [2.75, 3.05) is 5.32 Å². The van der Waals surface area contributed by atoms with Crippen LogP contribution in [0.25, 0.3) is 16.5 Å². The molecule has 0 radical (unpaired) electrons. The summed E-state index contributed by atoms with van der Waals surface area (Å²) in [4.78, 5) is 8.18. The van der Waals surface area contributed by atoms with Crippen LogP contribution in [0.1, 0.15) is 36.3 Å². The number of hydrogen-bond acceptors (Lipinski definition) is 5. The highest BCUT2D eigenvalue weighted by Crippen LogP contribution is 2.53. The van der Waals surface area contributed by atoms with Crippen molar-refractivity contribution < 1.29 is 27.8 Å². The number of nitrogens with one attached hydrogen (secondary N) is 1. The topological polar surface area (TPSA) is 78.3 Å². The number of nitrogens with zero attached hydrogens (tertiary/aromatic N) is 2. The third kappa shape index (κ3) is 3.55. The van der Waals surface area contributed by atoms with Gasteiger partial charge in [-0.05, 0) is 48.7 Å². The van der Waals surface area contributed by atoms with Gasteiger partial charge in [0.15, 0.2) is 5.60 Å². The van der Waals surface area contributed by atoms with Crippen molar-refractivity contribution in [3.63, 3.8) is 0 Å². The molecule has 1 aliphatic carbocycles. The van der Waals surface area contributed by atoms with Crippen LogP contribution in [-0.4, -0.2) is 32.0 Å². The quantitative estimate of drug-likeness (QED) is 0.422. The summed E-state index contributed by atoms with van der Waals surface area (Å²) in [5.74, 6) is -0.660. The normalized spacial score (nSPS) is 22.2. The molecule has 2 atom stereocenters. The molecule has 5 nitrogen and oxygen atoms in total. The number of aromatic nitrogens is 2. The molecule has 0 amide bonds. The molecule has 0 unspecified atom stereocenters. The minimum absolute atomic E-state index is 0.0115. The van der Waals surface area contributed by atoms with Crippen LogP contribution in [-0.2, 0) is 0 Å². The molecule has 0 bridgehead atoms. The van der Waals surface area contributed by atoms with Crippen LogP contribution in [0.15, 0.2) is 36.5 Å². The molecular formula is C22H18ClF4N3O2. The molecule has 168 valence electrons. The van der Waals surface area contributed by atoms with Gasteiger partial charge in [0.2, 0.25) is 0 Å². The number of anilines is 1. The second-order valence-corrected chi connectivity index (χ2v) is 8.09. The van der Waals surface area contributed by atoms with E-state index in [-0.39, 0.29) is 38.5 Å². The minimum atomic E-state index is -5.04. The van der Waals surface area contributed by atoms with Crippen LogP contribution >= 0.6 is 11.6 Å². The minimum Gasteiger partial charge on any atom is -0.506 e. The fraction of sp³-hybridized carbons (Fsp3) is 0.273. The summed E-state index contributed by atoms with van der Waals surface area (Å²) < 4.78 is 56.9. The predicted octanol–water partition coefficient (Wildman–Crippen LogP) is 5.69. The van der Waals surface area contributed by atoms with Crippen molar-refractivity contribution in [2.45, 2.75) is 38.1 Å². The first-order valence-electron chi connectivity index (χ1n) is 9.61. The summed E-state index contributed by atoms with van der Waals surface area (Å²) in [6.45, 7) is 3.14. The maximum absolute atomic E-state index is 14.3. The standard InChI is InChI=1S/C22H18ClF4N3O2/c1-3-11-8-21(32,22(25,26)27)20(14-6-16(23)19(31)7-13(11)14)30-18-5-12(24)4-17-15(18)9-28-10(2)29-17/h3-7,9,20,30-32H,8H2,1-2H3/b11-3+/t20-,21-/m1/s1. The number of allylic oxidation sites excluding steroid dienone is 1. The van der Waals surface area contributed by atoms with Gasteiger partial charge in [-0.15, -0.1) is 0 Å². The molecule has 3 N–H and O–H groups in total. The summed E-state index contributed by atoms with van der Waals surface area (Å²) in [6, 6.07) is 2.84. The van der Waals surface area contributed by atoms with Crippen molar-refractivity contribution in [1.29, 1.82) is 0 Å². The van der Waals surface area contributed by atoms with E-state index in [9.17, 15) is 27.8 Å². The highest BCUT2D eigenvalue weighted by Gasteiger charge is 2.61. The number of alkyl halides is 3. The second-order valence-electron chi connectivity index (χ2n) is 7.68. The number of aromatic hydroxyl groups is 1. The van der Waals surface area contributed by atoms with E-state index in [1.807, 2.05) is 0 Å². The fourth-order valence-electron chi connectivity index (χ4n) is 4.03. The average molecular weight is 468 g/mol. The van der Waals surface area contributed by atoms with Crippen LogP contribution in [0.4, 0.5) is 23.2 Å². The first kappa shape index (κ1) is 22.3. The maximum Gasteiger partial charge on any atom is 0.419 e. The zero-order chi connectivity index (χ0) is 23.4. The Morgan fingerprint density at radius 2 is 1.97 bits per heavy atom. The Balaban J connectivity index is 1.97. The van der Waals surface area contributed by atoms with E-state index in [1.165, 1.54) is 31.3 Å². The smallest absolute Gasteiger partial charge is 0.419 e. The van der Waals surface area contributed by atoms with Crippen LogP contribution in [0.5, 0.6) is 5.75 Å². The van der Waals surface area contributed by atoms with E-state index in [0.29, 0.717) is 11.4 Å². The number of halogens is 5. The average Bonchev–Trinajstić information content (AvgIpc) is 2.70. The number of hydrogen-bond donors (Lipinski definition) is 3. The number of aliphatic hydroxyl groups is 1. The van der Waals surface area contributed by atoms with Crippen molar-refractivity contribution in [2.24, 2.45) is 0 Å². The number of phenols is 1. The molecule has 0 spiro atoms. The lowest BCUT2D eigenvalue weighted by Gasteiger charge is -2.44. The summed E-state index contributed by atoms with van der Waals surface area (Å²) in [5, 5.41) is 23.8. The van der Waals surface area contributed by atoms with Gasteiger partial charge in [0.05, 0.1) is 16.6 Å². The van der Waals surface area contributed by atoms with Gasteiger partial charge in [0, 0.05) is 29.8 Å². The van der Waals surface area contributed by atoms with E-state index in [1.54, 1.807) is 6.92 Å². The van der Waals surface area contributed by atoms with Gasteiger partial charge >= 0.3 is 6.18 Å². The molecule has 0 aliphatic heterocycles. The lowest BCUT2D eigenvalue weighted by atomic mass is 9.73. The number of phenolic OH excluding ortho intramolecular Hbond substituents is 1. The molecule has 0 saturated heterocycles. The Kier molecular flexibility index (Phi) is 5.29. The van der Waals surface area contributed by atoms with Gasteiger partial charge in [0.1, 0.15) is 17.4 Å². The van der Waals surface area contributed by atoms with Gasteiger partial charge in [-0.3, -0.25) is 0 Å². The molecule has 3 aromatic rings. The van der Waals surface area contributed by atoms with E-state index in [2.05, 4.69) is 15.3 Å². The van der Waals surface area contributed by atoms with Crippen molar-refractivity contribution >= 4 is 33.8 Å². The van der Waals surface area contributed by atoms with Crippen LogP contribution in [0.2, 0.25) is 5.02 Å². The number of fused-ring (bicyclic) bond motifs is 2. The highest BCUT2D eigenvalue weighted by molar-refractivity contribution is 6.32. The van der Waals surface area contributed by atoms with Crippen molar-refractivity contribution in [3.05, 3.63) is 64.3 Å². The molecule has 1 heterocycles. The Morgan fingerprint density at radius 1 is 1.25 bits per heavy atom. The van der Waals surface area contributed by atoms with E-state index < -0.39 is 30.1 Å². The molecule has 1 aromatic heterocycles. The lowest BCUT2D eigenvalue weighted by Crippen LogP contribution is -2.54. The lowest BCUT2D eigenvalue weighted by molar-refractivity contribution is -0.265. The zero-order valence-electron chi connectivity index (χ0n) is 16.9. The SMILES string of the molecule is C/C=C1\C[C@](O)(C(F)(F)F)[C@H](Nc2cc(F)cc3nc(C)ncc23)c2cc(Cl)c(O)cc21. The Bertz CT molecular complexity index is 1260. The molecule has 2 aromatic carbocycles. The van der Waals surface area contributed by atoms with E-state index in [4.69, 9.17) is 11.6 Å². The first-order chi connectivity index (χ1) is 14.9. The summed E-state index contributed by atoms with van der Waals surface area (Å²) in [7, 11) is 0. The van der Waals surface area contributed by atoms with Crippen LogP contribution in [0.3, 0.4) is 0 Å². The monoisotopic (exact) mass is 467 g/mol. The fourth-order valence-corrected chi connectivity index (χ4v) is 4.20. The number of rotatable bonds is 2. The Hall–Kier alpha value is -2.91. The van der Waals surface area contributed by atoms with Crippen molar-refractivity contribution in [1.82, 2.24) is 9.97 Å².